The molecule has 0 aliphatic carbocycles. The van der Waals surface area contributed by atoms with E-state index in [9.17, 15) is 4.79 Å². The van der Waals surface area contributed by atoms with Crippen LogP contribution in [0.5, 0.6) is 0 Å². The van der Waals surface area contributed by atoms with Crippen LogP contribution >= 0.6 is 0 Å². The van der Waals surface area contributed by atoms with Crippen molar-refractivity contribution in [3.8, 4) is 0 Å². The second-order valence-electron chi connectivity index (χ2n) is 5.92. The van der Waals surface area contributed by atoms with Crippen molar-refractivity contribution in [1.82, 2.24) is 4.90 Å². The lowest BCUT2D eigenvalue weighted by Crippen LogP contribution is -2.38. The Balaban J connectivity index is 1.99. The molecule has 0 radical (unpaired) electrons. The molecule has 1 atom stereocenters. The maximum atomic E-state index is 12.5. The summed E-state index contributed by atoms with van der Waals surface area (Å²) in [5.41, 5.74) is 4.52. The maximum Gasteiger partial charge on any atom is 0.244 e. The van der Waals surface area contributed by atoms with Crippen molar-refractivity contribution < 1.29 is 4.79 Å². The van der Waals surface area contributed by atoms with Crippen LogP contribution in [-0.4, -0.2) is 23.9 Å². The van der Waals surface area contributed by atoms with Gasteiger partial charge in [0.2, 0.25) is 5.91 Å². The summed E-state index contributed by atoms with van der Waals surface area (Å²) < 4.78 is 0. The highest BCUT2D eigenvalue weighted by molar-refractivity contribution is 5.84. The molecule has 22 heavy (non-hydrogen) atoms. The van der Waals surface area contributed by atoms with Crippen molar-refractivity contribution >= 4 is 11.6 Å². The van der Waals surface area contributed by atoms with Crippen LogP contribution in [0.2, 0.25) is 0 Å². The normalized spacial score (nSPS) is 11.8. The Morgan fingerprint density at radius 1 is 1.09 bits per heavy atom. The SMILES string of the molecule is Cc1cc(C)cc(N[C@H](C)C(=O)N(C)Cc2ccccc2)c1. The number of aryl methyl sites for hydroxylation is 2. The zero-order valence-electron chi connectivity index (χ0n) is 13.8. The van der Waals surface area contributed by atoms with Gasteiger partial charge in [-0.25, -0.2) is 0 Å². The van der Waals surface area contributed by atoms with Gasteiger partial charge in [0.25, 0.3) is 0 Å². The Bertz CT molecular complexity index is 617. The largest absolute Gasteiger partial charge is 0.374 e. The number of hydrogen-bond acceptors (Lipinski definition) is 2. The Hall–Kier alpha value is -2.29. The molecular weight excluding hydrogens is 272 g/mol. The molecule has 0 saturated carbocycles. The van der Waals surface area contributed by atoms with Gasteiger partial charge in [-0.05, 0) is 49.6 Å². The van der Waals surface area contributed by atoms with Crippen molar-refractivity contribution in [2.75, 3.05) is 12.4 Å². The van der Waals surface area contributed by atoms with Crippen LogP contribution in [0.4, 0.5) is 5.69 Å². The number of anilines is 1. The van der Waals surface area contributed by atoms with Crippen molar-refractivity contribution in [3.05, 3.63) is 65.2 Å². The standard InChI is InChI=1S/C19H24N2O/c1-14-10-15(2)12-18(11-14)20-16(3)19(22)21(4)13-17-8-6-5-7-9-17/h5-12,16,20H,13H2,1-4H3/t16-/m1/s1. The minimum atomic E-state index is -0.255. The summed E-state index contributed by atoms with van der Waals surface area (Å²) in [4.78, 5) is 14.2. The molecule has 0 bridgehead atoms. The van der Waals surface area contributed by atoms with Gasteiger partial charge in [0.1, 0.15) is 6.04 Å². The van der Waals surface area contributed by atoms with E-state index in [2.05, 4.69) is 37.4 Å². The number of carbonyl (C=O) groups excluding carboxylic acids is 1. The minimum absolute atomic E-state index is 0.0861. The average molecular weight is 296 g/mol. The van der Waals surface area contributed by atoms with Gasteiger partial charge in [0, 0.05) is 19.3 Å². The first-order valence-corrected chi connectivity index (χ1v) is 7.59. The van der Waals surface area contributed by atoms with Crippen LogP contribution in [0.3, 0.4) is 0 Å². The summed E-state index contributed by atoms with van der Waals surface area (Å²) in [7, 11) is 1.84. The van der Waals surface area contributed by atoms with E-state index in [-0.39, 0.29) is 11.9 Å². The fourth-order valence-electron chi connectivity index (χ4n) is 2.64. The topological polar surface area (TPSA) is 32.3 Å². The van der Waals surface area contributed by atoms with Gasteiger partial charge in [-0.3, -0.25) is 4.79 Å². The van der Waals surface area contributed by atoms with Gasteiger partial charge in [-0.15, -0.1) is 0 Å². The molecule has 3 heteroatoms. The van der Waals surface area contributed by atoms with Gasteiger partial charge >= 0.3 is 0 Å². The van der Waals surface area contributed by atoms with E-state index in [1.54, 1.807) is 4.90 Å². The lowest BCUT2D eigenvalue weighted by Gasteiger charge is -2.23. The number of carbonyl (C=O) groups is 1. The van der Waals surface area contributed by atoms with Crippen molar-refractivity contribution in [2.45, 2.75) is 33.4 Å². The molecule has 1 N–H and O–H groups in total. The van der Waals surface area contributed by atoms with Crippen LogP contribution in [-0.2, 0) is 11.3 Å². The van der Waals surface area contributed by atoms with Crippen molar-refractivity contribution in [2.24, 2.45) is 0 Å². The van der Waals surface area contributed by atoms with E-state index < -0.39 is 0 Å². The monoisotopic (exact) mass is 296 g/mol. The number of benzene rings is 2. The summed E-state index contributed by atoms with van der Waals surface area (Å²) in [6.45, 7) is 6.65. The molecule has 0 aliphatic rings. The number of nitrogens with one attached hydrogen (secondary N) is 1. The Labute approximate surface area is 133 Å². The Morgan fingerprint density at radius 3 is 2.27 bits per heavy atom. The molecule has 0 fully saturated rings. The van der Waals surface area contributed by atoms with E-state index in [0.29, 0.717) is 6.54 Å². The van der Waals surface area contributed by atoms with Crippen LogP contribution < -0.4 is 5.32 Å². The van der Waals surface area contributed by atoms with E-state index in [4.69, 9.17) is 0 Å². The van der Waals surface area contributed by atoms with Crippen LogP contribution in [0.1, 0.15) is 23.6 Å². The third-order valence-electron chi connectivity index (χ3n) is 3.61. The number of rotatable bonds is 5. The minimum Gasteiger partial charge on any atom is -0.374 e. The fourth-order valence-corrected chi connectivity index (χ4v) is 2.64. The first-order valence-electron chi connectivity index (χ1n) is 7.59. The molecule has 3 nitrogen and oxygen atoms in total. The van der Waals surface area contributed by atoms with Crippen LogP contribution in [0.25, 0.3) is 0 Å². The average Bonchev–Trinajstić information content (AvgIpc) is 2.46. The quantitative estimate of drug-likeness (QED) is 0.911. The van der Waals surface area contributed by atoms with Gasteiger partial charge in [-0.2, -0.15) is 0 Å². The molecule has 1 amide bonds. The maximum absolute atomic E-state index is 12.5. The first kappa shape index (κ1) is 16.1. The molecule has 0 saturated heterocycles. The number of likely N-dealkylation sites (N-methyl/N-ethyl adjacent to an activating group) is 1. The summed E-state index contributed by atoms with van der Waals surface area (Å²) in [5, 5.41) is 3.30. The third-order valence-corrected chi connectivity index (χ3v) is 3.61. The van der Waals surface area contributed by atoms with E-state index in [1.165, 1.54) is 11.1 Å². The van der Waals surface area contributed by atoms with Crippen LogP contribution in [0, 0.1) is 13.8 Å². The van der Waals surface area contributed by atoms with Crippen molar-refractivity contribution in [3.63, 3.8) is 0 Å². The summed E-state index contributed by atoms with van der Waals surface area (Å²) in [5.74, 6) is 0.0861. The van der Waals surface area contributed by atoms with Crippen LogP contribution in [0.15, 0.2) is 48.5 Å². The molecule has 0 aliphatic heterocycles. The summed E-state index contributed by atoms with van der Waals surface area (Å²) in [6, 6.07) is 16.0. The first-order chi connectivity index (χ1) is 10.5. The fraction of sp³-hybridized carbons (Fsp3) is 0.316. The second-order valence-corrected chi connectivity index (χ2v) is 5.92. The van der Waals surface area contributed by atoms with Gasteiger partial charge < -0.3 is 10.2 Å². The highest BCUT2D eigenvalue weighted by Crippen LogP contribution is 2.15. The molecule has 0 unspecified atom stereocenters. The highest BCUT2D eigenvalue weighted by atomic mass is 16.2. The summed E-state index contributed by atoms with van der Waals surface area (Å²) in [6.07, 6.45) is 0. The lowest BCUT2D eigenvalue weighted by atomic mass is 10.1. The zero-order valence-corrected chi connectivity index (χ0v) is 13.8. The molecule has 0 heterocycles. The molecule has 116 valence electrons. The highest BCUT2D eigenvalue weighted by Gasteiger charge is 2.17. The number of nitrogens with zero attached hydrogens (tertiary/aromatic N) is 1. The van der Waals surface area contributed by atoms with E-state index >= 15 is 0 Å². The molecular formula is C19H24N2O. The molecule has 0 aromatic heterocycles. The van der Waals surface area contributed by atoms with Crippen molar-refractivity contribution in [1.29, 1.82) is 0 Å². The molecule has 2 rings (SSSR count). The van der Waals surface area contributed by atoms with E-state index in [1.807, 2.05) is 44.3 Å². The van der Waals surface area contributed by atoms with E-state index in [0.717, 1.165) is 11.3 Å². The van der Waals surface area contributed by atoms with Gasteiger partial charge in [0.05, 0.1) is 0 Å². The number of amides is 1. The second kappa shape index (κ2) is 7.12. The number of hydrogen-bond donors (Lipinski definition) is 1. The molecule has 2 aromatic rings. The molecule has 2 aromatic carbocycles. The predicted molar refractivity (Wildman–Crippen MR) is 91.9 cm³/mol. The Kier molecular flexibility index (Phi) is 5.21. The third kappa shape index (κ3) is 4.35. The summed E-state index contributed by atoms with van der Waals surface area (Å²) >= 11 is 0. The van der Waals surface area contributed by atoms with Gasteiger partial charge in [-0.1, -0.05) is 36.4 Å². The molecule has 0 spiro atoms. The van der Waals surface area contributed by atoms with Gasteiger partial charge in [0.15, 0.2) is 0 Å². The lowest BCUT2D eigenvalue weighted by molar-refractivity contribution is -0.130. The zero-order chi connectivity index (χ0) is 16.1. The smallest absolute Gasteiger partial charge is 0.244 e. The predicted octanol–water partition coefficient (Wildman–Crippen LogP) is 3.76. The Morgan fingerprint density at radius 2 is 1.68 bits per heavy atom.